The van der Waals surface area contributed by atoms with Gasteiger partial charge in [0.1, 0.15) is 11.1 Å². The molecule has 1 aromatic heterocycles. The average molecular weight is 295 g/mol. The summed E-state index contributed by atoms with van der Waals surface area (Å²) in [4.78, 5) is 0.301. The minimum Gasteiger partial charge on any atom is -0.473 e. The molecule has 0 spiro atoms. The number of hydrogen-bond donors (Lipinski definition) is 1. The van der Waals surface area contributed by atoms with Gasteiger partial charge in [0.05, 0.1) is 17.4 Å². The lowest BCUT2D eigenvalue weighted by molar-refractivity contribution is 0.0191. The van der Waals surface area contributed by atoms with Crippen molar-refractivity contribution in [3.63, 3.8) is 0 Å². The summed E-state index contributed by atoms with van der Waals surface area (Å²) in [7, 11) is 1.74. The predicted molar refractivity (Wildman–Crippen MR) is 81.1 cm³/mol. The third-order valence-electron chi connectivity index (χ3n) is 3.86. The van der Waals surface area contributed by atoms with Crippen molar-refractivity contribution in [3.8, 4) is 5.88 Å². The van der Waals surface area contributed by atoms with Crippen LogP contribution >= 0.6 is 12.2 Å². The number of ether oxygens (including phenoxy) is 2. The number of aryl methyl sites for hydroxylation is 1. The van der Waals surface area contributed by atoms with E-state index in [0.717, 1.165) is 36.9 Å². The summed E-state index contributed by atoms with van der Waals surface area (Å²) in [5.74, 6) is 0.447. The van der Waals surface area contributed by atoms with Gasteiger partial charge >= 0.3 is 0 Å². The lowest BCUT2D eigenvalue weighted by atomic mass is 9.95. The zero-order valence-corrected chi connectivity index (χ0v) is 13.0. The third kappa shape index (κ3) is 3.24. The van der Waals surface area contributed by atoms with Gasteiger partial charge in [-0.15, -0.1) is 5.10 Å². The lowest BCUT2D eigenvalue weighted by Crippen LogP contribution is -2.30. The van der Waals surface area contributed by atoms with Crippen LogP contribution in [0.3, 0.4) is 0 Å². The zero-order valence-electron chi connectivity index (χ0n) is 12.2. The van der Waals surface area contributed by atoms with Crippen LogP contribution in [-0.2, 0) is 4.74 Å². The summed E-state index contributed by atoms with van der Waals surface area (Å²) in [5, 5.41) is 8.23. The Morgan fingerprint density at radius 1 is 1.25 bits per heavy atom. The van der Waals surface area contributed by atoms with Gasteiger partial charge in [-0.2, -0.15) is 5.10 Å². The molecule has 0 amide bonds. The number of aromatic nitrogens is 2. The summed E-state index contributed by atoms with van der Waals surface area (Å²) in [6.45, 7) is 3.82. The fourth-order valence-electron chi connectivity index (χ4n) is 2.54. The van der Waals surface area contributed by atoms with Gasteiger partial charge < -0.3 is 15.2 Å². The first kappa shape index (κ1) is 15.1. The molecule has 2 unspecified atom stereocenters. The standard InChI is InChI=1S/C14H21N3O2S/c1-8-9(2)16-17-14(12(8)13(15)20)19-11-6-4-5-10(7-11)18-3/h10-11H,4-7H2,1-3H3,(H2,15,20). The molecule has 2 N–H and O–H groups in total. The number of nitrogens with two attached hydrogens (primary N) is 1. The highest BCUT2D eigenvalue weighted by atomic mass is 32.1. The molecule has 1 aromatic rings. The van der Waals surface area contributed by atoms with Crippen LogP contribution in [0.2, 0.25) is 0 Å². The zero-order chi connectivity index (χ0) is 14.7. The molecule has 1 aliphatic rings. The van der Waals surface area contributed by atoms with Crippen LogP contribution in [0.1, 0.15) is 42.5 Å². The Morgan fingerprint density at radius 2 is 1.95 bits per heavy atom. The molecule has 0 radical (unpaired) electrons. The molecular weight excluding hydrogens is 274 g/mol. The van der Waals surface area contributed by atoms with Crippen LogP contribution < -0.4 is 10.5 Å². The van der Waals surface area contributed by atoms with Crippen molar-refractivity contribution < 1.29 is 9.47 Å². The van der Waals surface area contributed by atoms with Crippen LogP contribution in [0.5, 0.6) is 5.88 Å². The maximum atomic E-state index is 5.99. The van der Waals surface area contributed by atoms with Gasteiger partial charge in [-0.25, -0.2) is 0 Å². The van der Waals surface area contributed by atoms with E-state index in [-0.39, 0.29) is 12.2 Å². The smallest absolute Gasteiger partial charge is 0.244 e. The van der Waals surface area contributed by atoms with Crippen molar-refractivity contribution in [1.82, 2.24) is 10.2 Å². The van der Waals surface area contributed by atoms with Gasteiger partial charge in [0, 0.05) is 13.5 Å². The Hall–Kier alpha value is -1.27. The SMILES string of the molecule is COC1CCCC(Oc2nnc(C)c(C)c2C(N)=S)C1. The molecule has 1 fully saturated rings. The van der Waals surface area contributed by atoms with Crippen molar-refractivity contribution in [2.75, 3.05) is 7.11 Å². The summed E-state index contributed by atoms with van der Waals surface area (Å²) in [5.41, 5.74) is 8.25. The normalized spacial score (nSPS) is 22.6. The summed E-state index contributed by atoms with van der Waals surface area (Å²) < 4.78 is 11.4. The topological polar surface area (TPSA) is 70.3 Å². The summed E-state index contributed by atoms with van der Waals surface area (Å²) in [6.07, 6.45) is 4.36. The fourth-order valence-corrected chi connectivity index (χ4v) is 2.78. The molecule has 0 bridgehead atoms. The molecule has 110 valence electrons. The van der Waals surface area contributed by atoms with Crippen LogP contribution in [0.25, 0.3) is 0 Å². The maximum Gasteiger partial charge on any atom is 0.244 e. The average Bonchev–Trinajstić information content (AvgIpc) is 2.43. The molecule has 20 heavy (non-hydrogen) atoms. The van der Waals surface area contributed by atoms with Crippen LogP contribution in [0, 0.1) is 13.8 Å². The molecule has 0 aromatic carbocycles. The van der Waals surface area contributed by atoms with Crippen molar-refractivity contribution >= 4 is 17.2 Å². The van der Waals surface area contributed by atoms with E-state index in [9.17, 15) is 0 Å². The van der Waals surface area contributed by atoms with Gasteiger partial charge in [0.25, 0.3) is 0 Å². The number of thiocarbonyl (C=S) groups is 1. The third-order valence-corrected chi connectivity index (χ3v) is 4.06. The Kier molecular flexibility index (Phi) is 4.88. The molecule has 6 heteroatoms. The van der Waals surface area contributed by atoms with E-state index in [1.165, 1.54) is 0 Å². The Labute approximate surface area is 124 Å². The highest BCUT2D eigenvalue weighted by molar-refractivity contribution is 7.80. The van der Waals surface area contributed by atoms with Crippen LogP contribution in [-0.4, -0.2) is 34.5 Å². The molecule has 0 aliphatic heterocycles. The molecule has 2 rings (SSSR count). The van der Waals surface area contributed by atoms with E-state index in [1.807, 2.05) is 13.8 Å². The van der Waals surface area contributed by atoms with E-state index in [0.29, 0.717) is 16.4 Å². The van der Waals surface area contributed by atoms with Crippen molar-refractivity contribution in [3.05, 3.63) is 16.8 Å². The molecule has 0 saturated heterocycles. The molecule has 1 heterocycles. The molecule has 1 aliphatic carbocycles. The Balaban J connectivity index is 2.21. The highest BCUT2D eigenvalue weighted by Crippen LogP contribution is 2.27. The lowest BCUT2D eigenvalue weighted by Gasteiger charge is -2.28. The first-order valence-corrected chi connectivity index (χ1v) is 7.27. The molecule has 2 atom stereocenters. The van der Waals surface area contributed by atoms with E-state index in [4.69, 9.17) is 27.4 Å². The first-order chi connectivity index (χ1) is 9.52. The second kappa shape index (κ2) is 6.45. The highest BCUT2D eigenvalue weighted by Gasteiger charge is 2.25. The Bertz CT molecular complexity index is 507. The predicted octanol–water partition coefficient (Wildman–Crippen LogP) is 2.06. The van der Waals surface area contributed by atoms with E-state index in [1.54, 1.807) is 7.11 Å². The van der Waals surface area contributed by atoms with Crippen LogP contribution in [0.4, 0.5) is 0 Å². The first-order valence-electron chi connectivity index (χ1n) is 6.86. The van der Waals surface area contributed by atoms with E-state index < -0.39 is 0 Å². The quantitative estimate of drug-likeness (QED) is 0.857. The monoisotopic (exact) mass is 295 g/mol. The number of rotatable bonds is 4. The van der Waals surface area contributed by atoms with Gasteiger partial charge in [-0.1, -0.05) is 12.2 Å². The number of nitrogens with zero attached hydrogens (tertiary/aromatic N) is 2. The maximum absolute atomic E-state index is 5.99. The number of hydrogen-bond acceptors (Lipinski definition) is 5. The van der Waals surface area contributed by atoms with Crippen LogP contribution in [0.15, 0.2) is 0 Å². The molecule has 1 saturated carbocycles. The minimum absolute atomic E-state index is 0.0817. The molecule has 5 nitrogen and oxygen atoms in total. The van der Waals surface area contributed by atoms with Gasteiger partial charge in [-0.05, 0) is 38.7 Å². The number of methoxy groups -OCH3 is 1. The van der Waals surface area contributed by atoms with Crippen molar-refractivity contribution in [2.45, 2.75) is 51.7 Å². The van der Waals surface area contributed by atoms with Gasteiger partial charge in [-0.3, -0.25) is 0 Å². The van der Waals surface area contributed by atoms with Crippen molar-refractivity contribution in [2.24, 2.45) is 5.73 Å². The van der Waals surface area contributed by atoms with E-state index in [2.05, 4.69) is 10.2 Å². The second-order valence-corrected chi connectivity index (χ2v) is 5.66. The molecular formula is C14H21N3O2S. The van der Waals surface area contributed by atoms with Gasteiger partial charge in [0.15, 0.2) is 0 Å². The van der Waals surface area contributed by atoms with Gasteiger partial charge in [0.2, 0.25) is 5.88 Å². The van der Waals surface area contributed by atoms with E-state index >= 15 is 0 Å². The second-order valence-electron chi connectivity index (χ2n) is 5.22. The Morgan fingerprint density at radius 3 is 2.60 bits per heavy atom. The fraction of sp³-hybridized carbons (Fsp3) is 0.643. The van der Waals surface area contributed by atoms with Crippen molar-refractivity contribution in [1.29, 1.82) is 0 Å². The minimum atomic E-state index is 0.0817. The largest absolute Gasteiger partial charge is 0.473 e. The summed E-state index contributed by atoms with van der Waals surface area (Å²) >= 11 is 5.12. The summed E-state index contributed by atoms with van der Waals surface area (Å²) in [6, 6.07) is 0.